The van der Waals surface area contributed by atoms with E-state index >= 15 is 0 Å². The molecule has 0 aliphatic heterocycles. The SMILES string of the molecule is COc1ccc(CC(C(=O)OCCCN(C)C)c2ccccc2)cc1. The van der Waals surface area contributed by atoms with Crippen LogP contribution in [0.5, 0.6) is 5.75 Å². The predicted molar refractivity (Wildman–Crippen MR) is 100 cm³/mol. The summed E-state index contributed by atoms with van der Waals surface area (Å²) in [6.45, 7) is 1.35. The summed E-state index contributed by atoms with van der Waals surface area (Å²) in [6, 6.07) is 17.6. The van der Waals surface area contributed by atoms with Crippen LogP contribution in [-0.2, 0) is 16.0 Å². The van der Waals surface area contributed by atoms with Gasteiger partial charge in [-0.05, 0) is 50.2 Å². The first-order chi connectivity index (χ1) is 12.1. The molecule has 0 heterocycles. The van der Waals surface area contributed by atoms with Crippen molar-refractivity contribution in [3.8, 4) is 5.75 Å². The van der Waals surface area contributed by atoms with Gasteiger partial charge in [0.15, 0.2) is 0 Å². The van der Waals surface area contributed by atoms with E-state index in [9.17, 15) is 4.79 Å². The number of carbonyl (C=O) groups is 1. The number of methoxy groups -OCH3 is 1. The zero-order valence-corrected chi connectivity index (χ0v) is 15.3. The molecule has 0 fully saturated rings. The van der Waals surface area contributed by atoms with E-state index in [1.807, 2.05) is 68.7 Å². The van der Waals surface area contributed by atoms with Gasteiger partial charge in [0.05, 0.1) is 19.6 Å². The summed E-state index contributed by atoms with van der Waals surface area (Å²) in [7, 11) is 5.67. The first-order valence-electron chi connectivity index (χ1n) is 8.59. The second-order valence-corrected chi connectivity index (χ2v) is 6.34. The van der Waals surface area contributed by atoms with E-state index in [-0.39, 0.29) is 11.9 Å². The van der Waals surface area contributed by atoms with E-state index in [0.29, 0.717) is 13.0 Å². The van der Waals surface area contributed by atoms with Crippen molar-refractivity contribution in [3.05, 3.63) is 65.7 Å². The summed E-state index contributed by atoms with van der Waals surface area (Å²) in [5.41, 5.74) is 2.07. The molecule has 4 nitrogen and oxygen atoms in total. The minimum atomic E-state index is -0.297. The fourth-order valence-electron chi connectivity index (χ4n) is 2.67. The molecular weight excluding hydrogens is 314 g/mol. The Morgan fingerprint density at radius 2 is 1.72 bits per heavy atom. The molecule has 0 spiro atoms. The van der Waals surface area contributed by atoms with Crippen LogP contribution in [0, 0.1) is 0 Å². The highest BCUT2D eigenvalue weighted by atomic mass is 16.5. The normalized spacial score (nSPS) is 12.0. The second kappa shape index (κ2) is 9.84. The molecule has 1 atom stereocenters. The van der Waals surface area contributed by atoms with Crippen LogP contribution in [0.4, 0.5) is 0 Å². The molecule has 0 bridgehead atoms. The lowest BCUT2D eigenvalue weighted by molar-refractivity contribution is -0.145. The van der Waals surface area contributed by atoms with E-state index in [1.54, 1.807) is 7.11 Å². The fourth-order valence-corrected chi connectivity index (χ4v) is 2.67. The van der Waals surface area contributed by atoms with Crippen LogP contribution in [-0.4, -0.2) is 45.2 Å². The monoisotopic (exact) mass is 341 g/mol. The van der Waals surface area contributed by atoms with Crippen LogP contribution in [0.15, 0.2) is 54.6 Å². The van der Waals surface area contributed by atoms with Gasteiger partial charge < -0.3 is 14.4 Å². The Balaban J connectivity index is 2.06. The third-order valence-electron chi connectivity index (χ3n) is 4.08. The molecule has 0 saturated heterocycles. The highest BCUT2D eigenvalue weighted by Crippen LogP contribution is 2.24. The Hall–Kier alpha value is -2.33. The second-order valence-electron chi connectivity index (χ2n) is 6.34. The minimum Gasteiger partial charge on any atom is -0.497 e. The Bertz CT molecular complexity index is 638. The standard InChI is InChI=1S/C21H27NO3/c1-22(2)14-7-15-25-21(23)20(18-8-5-4-6-9-18)16-17-10-12-19(24-3)13-11-17/h4-6,8-13,20H,7,14-16H2,1-3H3. The molecular formula is C21H27NO3. The molecule has 134 valence electrons. The molecule has 1 unspecified atom stereocenters. The molecule has 0 amide bonds. The maximum absolute atomic E-state index is 12.7. The highest BCUT2D eigenvalue weighted by Gasteiger charge is 2.22. The summed E-state index contributed by atoms with van der Waals surface area (Å²) in [5.74, 6) is 0.348. The zero-order valence-electron chi connectivity index (χ0n) is 15.3. The molecule has 2 rings (SSSR count). The number of hydrogen-bond donors (Lipinski definition) is 0. The lowest BCUT2D eigenvalue weighted by atomic mass is 9.92. The molecule has 4 heteroatoms. The molecule has 0 saturated carbocycles. The van der Waals surface area contributed by atoms with Crippen molar-refractivity contribution < 1.29 is 14.3 Å². The maximum atomic E-state index is 12.7. The van der Waals surface area contributed by atoms with Gasteiger partial charge in [-0.15, -0.1) is 0 Å². The van der Waals surface area contributed by atoms with Crippen molar-refractivity contribution in [3.63, 3.8) is 0 Å². The van der Waals surface area contributed by atoms with Crippen LogP contribution >= 0.6 is 0 Å². The summed E-state index contributed by atoms with van der Waals surface area (Å²) < 4.78 is 10.7. The van der Waals surface area contributed by atoms with Crippen LogP contribution < -0.4 is 4.74 Å². The van der Waals surface area contributed by atoms with E-state index in [2.05, 4.69) is 4.90 Å². The van der Waals surface area contributed by atoms with Crippen molar-refractivity contribution in [1.82, 2.24) is 4.90 Å². The summed E-state index contributed by atoms with van der Waals surface area (Å²) in [4.78, 5) is 14.7. The number of ether oxygens (including phenoxy) is 2. The van der Waals surface area contributed by atoms with E-state index in [0.717, 1.165) is 29.8 Å². The topological polar surface area (TPSA) is 38.8 Å². The molecule has 0 radical (unpaired) electrons. The minimum absolute atomic E-state index is 0.166. The Labute approximate surface area is 150 Å². The Morgan fingerprint density at radius 1 is 1.04 bits per heavy atom. The van der Waals surface area contributed by atoms with Gasteiger partial charge in [-0.3, -0.25) is 4.79 Å². The average Bonchev–Trinajstić information content (AvgIpc) is 2.64. The highest BCUT2D eigenvalue weighted by molar-refractivity contribution is 5.78. The van der Waals surface area contributed by atoms with Gasteiger partial charge in [0.1, 0.15) is 5.75 Å². The first kappa shape index (κ1) is 19.0. The van der Waals surface area contributed by atoms with Gasteiger partial charge in [-0.2, -0.15) is 0 Å². The average molecular weight is 341 g/mol. The van der Waals surface area contributed by atoms with E-state index in [4.69, 9.17) is 9.47 Å². The third-order valence-corrected chi connectivity index (χ3v) is 4.08. The summed E-state index contributed by atoms with van der Waals surface area (Å²) in [5, 5.41) is 0. The fraction of sp³-hybridized carbons (Fsp3) is 0.381. The number of benzene rings is 2. The number of esters is 1. The van der Waals surface area contributed by atoms with Gasteiger partial charge >= 0.3 is 5.97 Å². The van der Waals surface area contributed by atoms with Gasteiger partial charge in [-0.25, -0.2) is 0 Å². The smallest absolute Gasteiger partial charge is 0.313 e. The van der Waals surface area contributed by atoms with Crippen LogP contribution in [0.3, 0.4) is 0 Å². The summed E-state index contributed by atoms with van der Waals surface area (Å²) >= 11 is 0. The van der Waals surface area contributed by atoms with Crippen LogP contribution in [0.25, 0.3) is 0 Å². The van der Waals surface area contributed by atoms with Crippen molar-refractivity contribution >= 4 is 5.97 Å². The predicted octanol–water partition coefficient (Wildman–Crippen LogP) is 3.52. The third kappa shape index (κ3) is 6.24. The molecule has 0 aromatic heterocycles. The Morgan fingerprint density at radius 3 is 2.32 bits per heavy atom. The van der Waals surface area contributed by atoms with Gasteiger partial charge in [0.25, 0.3) is 0 Å². The van der Waals surface area contributed by atoms with Gasteiger partial charge in [-0.1, -0.05) is 42.5 Å². The molecule has 0 N–H and O–H groups in total. The number of hydrogen-bond acceptors (Lipinski definition) is 4. The number of carbonyl (C=O) groups excluding carboxylic acids is 1. The quantitative estimate of drug-likeness (QED) is 0.517. The van der Waals surface area contributed by atoms with Crippen molar-refractivity contribution in [2.24, 2.45) is 0 Å². The maximum Gasteiger partial charge on any atom is 0.313 e. The van der Waals surface area contributed by atoms with E-state index in [1.165, 1.54) is 0 Å². The lowest BCUT2D eigenvalue weighted by Crippen LogP contribution is -2.21. The molecule has 0 aliphatic rings. The van der Waals surface area contributed by atoms with Gasteiger partial charge in [0, 0.05) is 6.54 Å². The van der Waals surface area contributed by atoms with E-state index < -0.39 is 0 Å². The van der Waals surface area contributed by atoms with Crippen LogP contribution in [0.2, 0.25) is 0 Å². The Kier molecular flexibility index (Phi) is 7.48. The van der Waals surface area contributed by atoms with Crippen molar-refractivity contribution in [2.75, 3.05) is 34.4 Å². The molecule has 25 heavy (non-hydrogen) atoms. The van der Waals surface area contributed by atoms with Crippen LogP contribution in [0.1, 0.15) is 23.5 Å². The number of rotatable bonds is 9. The van der Waals surface area contributed by atoms with Gasteiger partial charge in [0.2, 0.25) is 0 Å². The lowest BCUT2D eigenvalue weighted by Gasteiger charge is -2.17. The summed E-state index contributed by atoms with van der Waals surface area (Å²) in [6.07, 6.45) is 1.45. The van der Waals surface area contributed by atoms with Crippen molar-refractivity contribution in [1.29, 1.82) is 0 Å². The zero-order chi connectivity index (χ0) is 18.1. The molecule has 0 aliphatic carbocycles. The van der Waals surface area contributed by atoms with Crippen molar-refractivity contribution in [2.45, 2.75) is 18.8 Å². The number of nitrogens with zero attached hydrogens (tertiary/aromatic N) is 1. The first-order valence-corrected chi connectivity index (χ1v) is 8.59. The molecule has 2 aromatic carbocycles. The molecule has 2 aromatic rings. The largest absolute Gasteiger partial charge is 0.497 e.